The second kappa shape index (κ2) is 7.35. The lowest BCUT2D eigenvalue weighted by Crippen LogP contribution is -3.09. The highest BCUT2D eigenvalue weighted by Gasteiger charge is 2.13. The first-order chi connectivity index (χ1) is 12.8. The van der Waals surface area contributed by atoms with Crippen LogP contribution in [0.15, 0.2) is 72.8 Å². The highest BCUT2D eigenvalue weighted by molar-refractivity contribution is 6.08. The minimum atomic E-state index is 1.00. The SMILES string of the molecule is CCn1c2ccccc2c2cc(C[NH+](CC)Cc3ccccc3)ccc21. The first-order valence-corrected chi connectivity index (χ1v) is 9.67. The molecule has 0 saturated carbocycles. The molecule has 2 nitrogen and oxygen atoms in total. The van der Waals surface area contributed by atoms with E-state index in [0.29, 0.717) is 0 Å². The first-order valence-electron chi connectivity index (χ1n) is 9.67. The van der Waals surface area contributed by atoms with Gasteiger partial charge in [0.2, 0.25) is 0 Å². The van der Waals surface area contributed by atoms with Crippen molar-refractivity contribution < 1.29 is 4.90 Å². The van der Waals surface area contributed by atoms with E-state index >= 15 is 0 Å². The van der Waals surface area contributed by atoms with E-state index in [-0.39, 0.29) is 0 Å². The molecule has 0 aliphatic carbocycles. The fourth-order valence-electron chi connectivity index (χ4n) is 4.04. The molecule has 26 heavy (non-hydrogen) atoms. The van der Waals surface area contributed by atoms with Crippen molar-refractivity contribution in [2.45, 2.75) is 33.5 Å². The molecule has 0 bridgehead atoms. The van der Waals surface area contributed by atoms with Gasteiger partial charge in [-0.25, -0.2) is 0 Å². The molecule has 0 fully saturated rings. The van der Waals surface area contributed by atoms with E-state index in [1.54, 1.807) is 4.90 Å². The Balaban J connectivity index is 1.67. The Morgan fingerprint density at radius 3 is 2.15 bits per heavy atom. The number of nitrogens with one attached hydrogen (secondary N) is 1. The molecule has 2 heteroatoms. The number of para-hydroxylation sites is 1. The number of aromatic nitrogens is 1. The van der Waals surface area contributed by atoms with Gasteiger partial charge in [0.1, 0.15) is 13.1 Å². The smallest absolute Gasteiger partial charge is 0.103 e. The number of fused-ring (bicyclic) bond motifs is 3. The summed E-state index contributed by atoms with van der Waals surface area (Å²) in [4.78, 5) is 1.59. The molecule has 4 rings (SSSR count). The van der Waals surface area contributed by atoms with Gasteiger partial charge in [-0.1, -0.05) is 54.6 Å². The lowest BCUT2D eigenvalue weighted by molar-refractivity contribution is -0.925. The van der Waals surface area contributed by atoms with Crippen LogP contribution in [-0.4, -0.2) is 11.1 Å². The molecule has 1 aromatic heterocycles. The summed E-state index contributed by atoms with van der Waals surface area (Å²) in [5.41, 5.74) is 5.52. The maximum absolute atomic E-state index is 2.42. The molecule has 1 N–H and O–H groups in total. The van der Waals surface area contributed by atoms with Crippen molar-refractivity contribution in [3.05, 3.63) is 83.9 Å². The third kappa shape index (κ3) is 3.13. The number of rotatable bonds is 6. The Labute approximate surface area is 155 Å². The van der Waals surface area contributed by atoms with Gasteiger partial charge in [0.25, 0.3) is 0 Å². The fraction of sp³-hybridized carbons (Fsp3) is 0.250. The van der Waals surface area contributed by atoms with Gasteiger partial charge in [-0.2, -0.15) is 0 Å². The van der Waals surface area contributed by atoms with Gasteiger partial charge in [-0.15, -0.1) is 0 Å². The van der Waals surface area contributed by atoms with Crippen molar-refractivity contribution >= 4 is 21.8 Å². The van der Waals surface area contributed by atoms with Gasteiger partial charge >= 0.3 is 0 Å². The average Bonchev–Trinajstić information content (AvgIpc) is 3.01. The van der Waals surface area contributed by atoms with Crippen LogP contribution in [0.25, 0.3) is 21.8 Å². The van der Waals surface area contributed by atoms with Crippen molar-refractivity contribution in [2.75, 3.05) is 6.54 Å². The largest absolute Gasteiger partial charge is 0.341 e. The van der Waals surface area contributed by atoms with Crippen molar-refractivity contribution in [3.8, 4) is 0 Å². The van der Waals surface area contributed by atoms with E-state index in [9.17, 15) is 0 Å². The van der Waals surface area contributed by atoms with Crippen molar-refractivity contribution in [1.82, 2.24) is 4.57 Å². The molecule has 0 aliphatic rings. The predicted octanol–water partition coefficient (Wildman–Crippen LogP) is 4.42. The fourth-order valence-corrected chi connectivity index (χ4v) is 4.04. The van der Waals surface area contributed by atoms with Crippen LogP contribution in [0.4, 0.5) is 0 Å². The van der Waals surface area contributed by atoms with Gasteiger partial charge < -0.3 is 9.47 Å². The van der Waals surface area contributed by atoms with E-state index in [1.807, 2.05) is 0 Å². The summed E-state index contributed by atoms with van der Waals surface area (Å²) in [6.45, 7) is 8.77. The van der Waals surface area contributed by atoms with Gasteiger partial charge in [-0.05, 0) is 32.0 Å². The van der Waals surface area contributed by atoms with Gasteiger partial charge in [0, 0.05) is 39.5 Å². The van der Waals surface area contributed by atoms with Crippen LogP contribution in [-0.2, 0) is 19.6 Å². The van der Waals surface area contributed by atoms with E-state index in [4.69, 9.17) is 0 Å². The van der Waals surface area contributed by atoms with E-state index < -0.39 is 0 Å². The van der Waals surface area contributed by atoms with Gasteiger partial charge in [0.15, 0.2) is 0 Å². The minimum absolute atomic E-state index is 1.00. The summed E-state index contributed by atoms with van der Waals surface area (Å²) in [5.74, 6) is 0. The van der Waals surface area contributed by atoms with Crippen LogP contribution in [0.1, 0.15) is 25.0 Å². The summed E-state index contributed by atoms with van der Waals surface area (Å²) < 4.78 is 2.42. The number of aryl methyl sites for hydroxylation is 1. The topological polar surface area (TPSA) is 9.37 Å². The zero-order valence-electron chi connectivity index (χ0n) is 15.7. The first kappa shape index (κ1) is 16.9. The lowest BCUT2D eigenvalue weighted by Gasteiger charge is -2.18. The molecule has 3 aromatic carbocycles. The molecule has 132 valence electrons. The second-order valence-corrected chi connectivity index (χ2v) is 7.06. The number of hydrogen-bond acceptors (Lipinski definition) is 0. The predicted molar refractivity (Wildman–Crippen MR) is 110 cm³/mol. The number of quaternary nitrogens is 1. The molecular weight excluding hydrogens is 316 g/mol. The molecule has 1 atom stereocenters. The van der Waals surface area contributed by atoms with Crippen LogP contribution in [0.3, 0.4) is 0 Å². The number of benzene rings is 3. The van der Waals surface area contributed by atoms with E-state index in [2.05, 4.69) is 91.2 Å². The average molecular weight is 343 g/mol. The summed E-state index contributed by atoms with van der Waals surface area (Å²) in [5, 5.41) is 2.75. The molecular formula is C24H27N2+. The number of hydrogen-bond donors (Lipinski definition) is 1. The van der Waals surface area contributed by atoms with Crippen LogP contribution in [0.5, 0.6) is 0 Å². The maximum atomic E-state index is 2.42. The monoisotopic (exact) mass is 343 g/mol. The Kier molecular flexibility index (Phi) is 4.77. The molecule has 0 aliphatic heterocycles. The summed E-state index contributed by atoms with van der Waals surface area (Å²) in [6.07, 6.45) is 0. The van der Waals surface area contributed by atoms with E-state index in [1.165, 1.54) is 32.9 Å². The van der Waals surface area contributed by atoms with Crippen LogP contribution in [0, 0.1) is 0 Å². The summed E-state index contributed by atoms with van der Waals surface area (Å²) in [7, 11) is 0. The normalized spacial score (nSPS) is 12.7. The quantitative estimate of drug-likeness (QED) is 0.531. The Morgan fingerprint density at radius 2 is 1.38 bits per heavy atom. The highest BCUT2D eigenvalue weighted by atomic mass is 15.1. The molecule has 0 radical (unpaired) electrons. The lowest BCUT2D eigenvalue weighted by atomic mass is 10.1. The highest BCUT2D eigenvalue weighted by Crippen LogP contribution is 2.29. The summed E-state index contributed by atoms with van der Waals surface area (Å²) in [6, 6.07) is 26.6. The van der Waals surface area contributed by atoms with Crippen LogP contribution < -0.4 is 4.90 Å². The minimum Gasteiger partial charge on any atom is -0.341 e. The van der Waals surface area contributed by atoms with Gasteiger partial charge in [-0.3, -0.25) is 0 Å². The molecule has 0 saturated heterocycles. The molecule has 1 heterocycles. The van der Waals surface area contributed by atoms with Crippen molar-refractivity contribution in [1.29, 1.82) is 0 Å². The van der Waals surface area contributed by atoms with Crippen LogP contribution >= 0.6 is 0 Å². The maximum Gasteiger partial charge on any atom is 0.103 e. The molecule has 0 spiro atoms. The Morgan fingerprint density at radius 1 is 0.692 bits per heavy atom. The van der Waals surface area contributed by atoms with Gasteiger partial charge in [0.05, 0.1) is 6.54 Å². The van der Waals surface area contributed by atoms with Crippen LogP contribution in [0.2, 0.25) is 0 Å². The number of nitrogens with zero attached hydrogens (tertiary/aromatic N) is 1. The second-order valence-electron chi connectivity index (χ2n) is 7.06. The Hall–Kier alpha value is -2.58. The Bertz CT molecular complexity index is 1010. The zero-order valence-corrected chi connectivity index (χ0v) is 15.7. The molecule has 0 amide bonds. The summed E-state index contributed by atoms with van der Waals surface area (Å²) >= 11 is 0. The molecule has 4 aromatic rings. The van der Waals surface area contributed by atoms with Crippen molar-refractivity contribution in [2.24, 2.45) is 0 Å². The third-order valence-electron chi connectivity index (χ3n) is 5.40. The third-order valence-corrected chi connectivity index (χ3v) is 5.40. The standard InChI is InChI=1S/C24H26N2/c1-3-25(17-19-10-6-5-7-11-19)18-20-14-15-24-22(16-20)21-12-8-9-13-23(21)26(24)4-2/h5-16H,3-4,17-18H2,1-2H3/p+1. The van der Waals surface area contributed by atoms with Crippen molar-refractivity contribution in [3.63, 3.8) is 0 Å². The molecule has 1 unspecified atom stereocenters. The zero-order chi connectivity index (χ0) is 17.9. The van der Waals surface area contributed by atoms with E-state index in [0.717, 1.165) is 26.2 Å².